The molecular formula is C20H23N3O+2. The number of carbonyl (C=O) groups excluding carboxylic acids is 1. The number of Topliss-reactive ketones (excluding diaryl/α,β-unsaturated/α-hetero) is 1. The van der Waals surface area contributed by atoms with Crippen molar-refractivity contribution in [2.75, 3.05) is 13.1 Å². The van der Waals surface area contributed by atoms with E-state index >= 15 is 0 Å². The third kappa shape index (κ3) is 3.84. The van der Waals surface area contributed by atoms with Gasteiger partial charge in [0.15, 0.2) is 12.0 Å². The summed E-state index contributed by atoms with van der Waals surface area (Å²) in [7, 11) is 0. The molecule has 1 atom stereocenters. The molecule has 0 saturated carbocycles. The van der Waals surface area contributed by atoms with Gasteiger partial charge in [0.25, 0.3) is 0 Å². The van der Waals surface area contributed by atoms with Gasteiger partial charge in [-0.15, -0.1) is 0 Å². The van der Waals surface area contributed by atoms with Crippen LogP contribution in [0.3, 0.4) is 0 Å². The zero-order valence-corrected chi connectivity index (χ0v) is 14.1. The Labute approximate surface area is 142 Å². The van der Waals surface area contributed by atoms with E-state index < -0.39 is 0 Å². The molecule has 4 nitrogen and oxygen atoms in total. The lowest BCUT2D eigenvalue weighted by molar-refractivity contribution is -0.912. The fraction of sp³-hybridized carbons (Fsp3) is 0.250. The van der Waals surface area contributed by atoms with Crippen LogP contribution in [0.2, 0.25) is 0 Å². The second-order valence-corrected chi connectivity index (χ2v) is 6.41. The smallest absolute Gasteiger partial charge is 0.204 e. The van der Waals surface area contributed by atoms with Gasteiger partial charge in [-0.05, 0) is 38.1 Å². The predicted molar refractivity (Wildman–Crippen MR) is 94.0 cm³/mol. The number of ketones is 1. The number of quaternary nitrogens is 1. The third-order valence-corrected chi connectivity index (χ3v) is 4.31. The maximum atomic E-state index is 12.9. The van der Waals surface area contributed by atoms with Crippen LogP contribution < -0.4 is 9.88 Å². The Morgan fingerprint density at radius 1 is 1.08 bits per heavy atom. The minimum absolute atomic E-state index is 0.127. The molecule has 0 radical (unpaired) electrons. The Hall–Kier alpha value is -2.59. The van der Waals surface area contributed by atoms with E-state index in [9.17, 15) is 4.79 Å². The predicted octanol–water partition coefficient (Wildman–Crippen LogP) is 1.24. The molecule has 2 aromatic heterocycles. The van der Waals surface area contributed by atoms with Gasteiger partial charge in [-0.3, -0.25) is 9.78 Å². The van der Waals surface area contributed by atoms with Gasteiger partial charge in [-0.25, -0.2) is 4.98 Å². The van der Waals surface area contributed by atoms with E-state index in [1.165, 1.54) is 4.90 Å². The number of nitrogens with zero attached hydrogens (tertiary/aromatic N) is 1. The second-order valence-electron chi connectivity index (χ2n) is 6.41. The lowest BCUT2D eigenvalue weighted by Gasteiger charge is -2.29. The van der Waals surface area contributed by atoms with Crippen molar-refractivity contribution in [1.82, 2.24) is 4.98 Å². The van der Waals surface area contributed by atoms with Crippen molar-refractivity contribution in [2.24, 2.45) is 0 Å². The molecule has 0 bridgehead atoms. The molecule has 0 aliphatic carbocycles. The zero-order valence-electron chi connectivity index (χ0n) is 14.1. The summed E-state index contributed by atoms with van der Waals surface area (Å²) in [5.41, 5.74) is 3.44. The van der Waals surface area contributed by atoms with Crippen LogP contribution in [0.5, 0.6) is 0 Å². The summed E-state index contributed by atoms with van der Waals surface area (Å²) in [4.78, 5) is 21.8. The number of aromatic nitrogens is 2. The van der Waals surface area contributed by atoms with Gasteiger partial charge in [-0.1, -0.05) is 6.07 Å². The van der Waals surface area contributed by atoms with E-state index in [2.05, 4.69) is 23.8 Å². The number of pyridine rings is 2. The Balaban J connectivity index is 1.96. The summed E-state index contributed by atoms with van der Waals surface area (Å²) in [6.07, 6.45) is 7.52. The van der Waals surface area contributed by atoms with Gasteiger partial charge < -0.3 is 4.90 Å². The molecule has 3 heterocycles. The van der Waals surface area contributed by atoms with E-state index in [-0.39, 0.29) is 5.78 Å². The maximum Gasteiger partial charge on any atom is 0.204 e. The average Bonchev–Trinajstić information content (AvgIpc) is 2.60. The second kappa shape index (κ2) is 7.32. The van der Waals surface area contributed by atoms with Gasteiger partial charge in [-0.2, -0.15) is 0 Å². The van der Waals surface area contributed by atoms with Crippen molar-refractivity contribution in [3.05, 3.63) is 71.3 Å². The molecule has 1 unspecified atom stereocenters. The highest BCUT2D eigenvalue weighted by atomic mass is 16.1. The number of nitrogens with one attached hydrogen (secondary N) is 2. The Morgan fingerprint density at radius 3 is 2.46 bits per heavy atom. The molecular weight excluding hydrogens is 298 g/mol. The number of H-pyrrole nitrogens is 1. The Kier molecular flexibility index (Phi) is 4.96. The van der Waals surface area contributed by atoms with E-state index in [1.807, 2.05) is 54.7 Å². The molecule has 0 spiro atoms. The fourth-order valence-electron chi connectivity index (χ4n) is 2.88. The van der Waals surface area contributed by atoms with Crippen molar-refractivity contribution in [3.63, 3.8) is 0 Å². The number of hydrogen-bond donors (Lipinski definition) is 1. The molecule has 0 amide bonds. The summed E-state index contributed by atoms with van der Waals surface area (Å²) in [5.74, 6) is 0.127. The molecule has 4 heteroatoms. The number of hydrogen-bond acceptors (Lipinski definition) is 2. The average molecular weight is 321 g/mol. The van der Waals surface area contributed by atoms with Gasteiger partial charge in [0.2, 0.25) is 5.69 Å². The SMILES string of the molecule is CC(C)[NH+]1CC(=Cc2ccccn2)C(=O)C(=Cc2cccc[nH+]2)C1. The minimum atomic E-state index is 0.127. The van der Waals surface area contributed by atoms with Crippen molar-refractivity contribution >= 4 is 17.9 Å². The Bertz CT molecular complexity index is 702. The molecule has 24 heavy (non-hydrogen) atoms. The topological polar surface area (TPSA) is 48.5 Å². The van der Waals surface area contributed by atoms with Gasteiger partial charge in [0.1, 0.15) is 13.1 Å². The van der Waals surface area contributed by atoms with E-state index in [4.69, 9.17) is 0 Å². The van der Waals surface area contributed by atoms with Crippen molar-refractivity contribution in [2.45, 2.75) is 19.9 Å². The molecule has 2 aromatic rings. The fourth-order valence-corrected chi connectivity index (χ4v) is 2.88. The van der Waals surface area contributed by atoms with Crippen LogP contribution in [0.25, 0.3) is 12.2 Å². The summed E-state index contributed by atoms with van der Waals surface area (Å²) in [6, 6.07) is 12.1. The number of likely N-dealkylation sites (tertiary alicyclic amines) is 1. The van der Waals surface area contributed by atoms with Gasteiger partial charge >= 0.3 is 0 Å². The number of rotatable bonds is 3. The zero-order chi connectivity index (χ0) is 16.9. The van der Waals surface area contributed by atoms with E-state index in [1.54, 1.807) is 6.20 Å². The maximum absolute atomic E-state index is 12.9. The van der Waals surface area contributed by atoms with Gasteiger partial charge in [0, 0.05) is 24.4 Å². The molecule has 0 aromatic carbocycles. The lowest BCUT2D eigenvalue weighted by Crippen LogP contribution is -3.16. The van der Waals surface area contributed by atoms with Crippen LogP contribution in [0.4, 0.5) is 0 Å². The minimum Gasteiger partial charge on any atom is -0.325 e. The van der Waals surface area contributed by atoms with Crippen molar-refractivity contribution in [3.8, 4) is 0 Å². The largest absolute Gasteiger partial charge is 0.325 e. The molecule has 1 aliphatic rings. The van der Waals surface area contributed by atoms with Crippen molar-refractivity contribution in [1.29, 1.82) is 0 Å². The summed E-state index contributed by atoms with van der Waals surface area (Å²) in [5, 5.41) is 0. The summed E-state index contributed by atoms with van der Waals surface area (Å²) in [6.45, 7) is 5.87. The van der Waals surface area contributed by atoms with Gasteiger partial charge in [0.05, 0.1) is 22.9 Å². The van der Waals surface area contributed by atoms with Crippen LogP contribution >= 0.6 is 0 Å². The first-order valence-electron chi connectivity index (χ1n) is 8.31. The molecule has 1 fully saturated rings. The van der Waals surface area contributed by atoms with Crippen molar-refractivity contribution < 1.29 is 14.7 Å². The number of carbonyl (C=O) groups is 1. The summed E-state index contributed by atoms with van der Waals surface area (Å²) < 4.78 is 0. The molecule has 3 rings (SSSR count). The first-order chi connectivity index (χ1) is 11.6. The molecule has 122 valence electrons. The highest BCUT2D eigenvalue weighted by Gasteiger charge is 2.31. The highest BCUT2D eigenvalue weighted by Crippen LogP contribution is 2.14. The van der Waals surface area contributed by atoms with Crippen LogP contribution in [0.1, 0.15) is 25.2 Å². The van der Waals surface area contributed by atoms with E-state index in [0.29, 0.717) is 6.04 Å². The van der Waals surface area contributed by atoms with Crippen LogP contribution in [0, 0.1) is 0 Å². The summed E-state index contributed by atoms with van der Waals surface area (Å²) >= 11 is 0. The standard InChI is InChI=1S/C20H21N3O/c1-15(2)23-13-16(11-18-7-3-5-9-21-18)20(24)17(14-23)12-19-8-4-6-10-22-19/h3-12,15H,13-14H2,1-2H3/p+2. The molecule has 1 saturated heterocycles. The monoisotopic (exact) mass is 321 g/mol. The van der Waals surface area contributed by atoms with E-state index in [0.717, 1.165) is 35.6 Å². The first kappa shape index (κ1) is 16.3. The number of aromatic amines is 1. The normalized spacial score (nSPS) is 21.6. The van der Waals surface area contributed by atoms with Crippen LogP contribution in [-0.4, -0.2) is 29.9 Å². The van der Waals surface area contributed by atoms with Crippen LogP contribution in [0.15, 0.2) is 59.9 Å². The third-order valence-electron chi connectivity index (χ3n) is 4.31. The van der Waals surface area contributed by atoms with Crippen LogP contribution in [-0.2, 0) is 4.79 Å². The quantitative estimate of drug-likeness (QED) is 0.865. The number of piperidine rings is 1. The highest BCUT2D eigenvalue weighted by molar-refractivity contribution is 6.13. The molecule has 1 aliphatic heterocycles. The first-order valence-corrected chi connectivity index (χ1v) is 8.31. The lowest BCUT2D eigenvalue weighted by atomic mass is 9.95. The molecule has 2 N–H and O–H groups in total. The Morgan fingerprint density at radius 2 is 1.83 bits per heavy atom.